The van der Waals surface area contributed by atoms with Gasteiger partial charge in [0, 0.05) is 42.2 Å². The average molecular weight is 425 g/mol. The fraction of sp³-hybridized carbons (Fsp3) is 0.250. The Balaban J connectivity index is 1.27. The monoisotopic (exact) mass is 424 g/mol. The Hall–Kier alpha value is -2.95. The number of aromatic nitrogens is 3. The van der Waals surface area contributed by atoms with Gasteiger partial charge in [-0.1, -0.05) is 23.2 Å². The molecule has 4 heterocycles. The summed E-state index contributed by atoms with van der Waals surface area (Å²) < 4.78 is 0. The summed E-state index contributed by atoms with van der Waals surface area (Å²) >= 11 is 12.0. The smallest absolute Gasteiger partial charge is 0.229 e. The van der Waals surface area contributed by atoms with Crippen molar-refractivity contribution in [2.75, 3.05) is 23.3 Å². The van der Waals surface area contributed by atoms with Gasteiger partial charge in [-0.05, 0) is 36.1 Å². The quantitative estimate of drug-likeness (QED) is 0.644. The molecule has 1 N–H and O–H groups in total. The van der Waals surface area contributed by atoms with Crippen LogP contribution in [-0.4, -0.2) is 33.9 Å². The summed E-state index contributed by atoms with van der Waals surface area (Å²) in [5, 5.41) is 14.1. The Kier molecular flexibility index (Phi) is 4.09. The molecule has 1 saturated carbocycles. The molecule has 1 aliphatic carbocycles. The molecule has 0 radical (unpaired) electrons. The Morgan fingerprint density at radius 3 is 2.93 bits per heavy atom. The number of rotatable bonds is 3. The first-order valence-electron chi connectivity index (χ1n) is 9.02. The van der Waals surface area contributed by atoms with Gasteiger partial charge in [-0.15, -0.1) is 0 Å². The van der Waals surface area contributed by atoms with Crippen molar-refractivity contribution < 1.29 is 4.79 Å². The van der Waals surface area contributed by atoms with Crippen LogP contribution in [0.15, 0.2) is 36.7 Å². The second kappa shape index (κ2) is 6.55. The van der Waals surface area contributed by atoms with Crippen LogP contribution < -0.4 is 10.2 Å². The molecule has 1 amide bonds. The van der Waals surface area contributed by atoms with Crippen molar-refractivity contribution in [3.63, 3.8) is 0 Å². The first-order chi connectivity index (χ1) is 14.0. The molecule has 1 saturated heterocycles. The fourth-order valence-electron chi connectivity index (χ4n) is 4.03. The van der Waals surface area contributed by atoms with E-state index in [0.717, 1.165) is 24.9 Å². The number of nitriles is 1. The standard InChI is InChI=1S/C20H14Cl2N6O/c21-15-4-12-5-16(25-8-13(12)17(22)26-15)27-19(29)14-6-20(14)9-28(10-20)18-11(7-23)2-1-3-24-18/h1-5,8,14H,6,9-10H2,(H,25,27,29). The molecule has 1 atom stereocenters. The van der Waals surface area contributed by atoms with Crippen LogP contribution in [0.2, 0.25) is 10.3 Å². The number of fused-ring (bicyclic) bond motifs is 1. The molecule has 2 aliphatic rings. The highest BCUT2D eigenvalue weighted by Gasteiger charge is 2.64. The molecule has 2 fully saturated rings. The van der Waals surface area contributed by atoms with Crippen LogP contribution in [0.3, 0.4) is 0 Å². The van der Waals surface area contributed by atoms with Crippen molar-refractivity contribution >= 4 is 51.5 Å². The summed E-state index contributed by atoms with van der Waals surface area (Å²) in [4.78, 5) is 27.3. The first kappa shape index (κ1) is 18.1. The molecular weight excluding hydrogens is 411 g/mol. The first-order valence-corrected chi connectivity index (χ1v) is 9.77. The Morgan fingerprint density at radius 1 is 1.31 bits per heavy atom. The molecule has 29 heavy (non-hydrogen) atoms. The normalized spacial score (nSPS) is 18.9. The maximum Gasteiger partial charge on any atom is 0.229 e. The lowest BCUT2D eigenvalue weighted by molar-refractivity contribution is -0.118. The Morgan fingerprint density at radius 2 is 2.14 bits per heavy atom. The number of anilines is 2. The number of carbonyl (C=O) groups excluding carboxylic acids is 1. The van der Waals surface area contributed by atoms with E-state index in [1.54, 1.807) is 36.7 Å². The summed E-state index contributed by atoms with van der Waals surface area (Å²) in [7, 11) is 0. The van der Waals surface area contributed by atoms with Crippen molar-refractivity contribution in [3.8, 4) is 6.07 Å². The zero-order valence-electron chi connectivity index (χ0n) is 15.1. The van der Waals surface area contributed by atoms with Gasteiger partial charge in [0.05, 0.1) is 5.56 Å². The number of carbonyl (C=O) groups is 1. The molecule has 3 aromatic rings. The average Bonchev–Trinajstić information content (AvgIpc) is 3.42. The topological polar surface area (TPSA) is 94.8 Å². The Labute approximate surface area is 176 Å². The zero-order chi connectivity index (χ0) is 20.2. The van der Waals surface area contributed by atoms with Gasteiger partial charge in [0.2, 0.25) is 5.91 Å². The number of hydrogen-bond donors (Lipinski definition) is 1. The van der Waals surface area contributed by atoms with E-state index >= 15 is 0 Å². The van der Waals surface area contributed by atoms with Crippen molar-refractivity contribution in [2.24, 2.45) is 11.3 Å². The predicted octanol–water partition coefficient (Wildman–Crippen LogP) is 3.67. The molecule has 5 rings (SSSR count). The van der Waals surface area contributed by atoms with E-state index in [9.17, 15) is 10.1 Å². The lowest BCUT2D eigenvalue weighted by Gasteiger charge is -2.41. The van der Waals surface area contributed by atoms with Crippen LogP contribution in [0.25, 0.3) is 10.8 Å². The molecule has 144 valence electrons. The molecule has 7 nitrogen and oxygen atoms in total. The van der Waals surface area contributed by atoms with Gasteiger partial charge >= 0.3 is 0 Å². The van der Waals surface area contributed by atoms with Crippen LogP contribution in [0.1, 0.15) is 12.0 Å². The molecule has 9 heteroatoms. The number of pyridine rings is 3. The van der Waals surface area contributed by atoms with E-state index in [1.165, 1.54) is 0 Å². The predicted molar refractivity (Wildman–Crippen MR) is 110 cm³/mol. The number of hydrogen-bond acceptors (Lipinski definition) is 6. The highest BCUT2D eigenvalue weighted by molar-refractivity contribution is 6.36. The van der Waals surface area contributed by atoms with Crippen LogP contribution in [0, 0.1) is 22.7 Å². The van der Waals surface area contributed by atoms with Gasteiger partial charge < -0.3 is 10.2 Å². The highest BCUT2D eigenvalue weighted by atomic mass is 35.5. The van der Waals surface area contributed by atoms with E-state index in [-0.39, 0.29) is 27.5 Å². The van der Waals surface area contributed by atoms with E-state index < -0.39 is 0 Å². The van der Waals surface area contributed by atoms with Crippen molar-refractivity contribution in [1.82, 2.24) is 15.0 Å². The van der Waals surface area contributed by atoms with Crippen LogP contribution in [-0.2, 0) is 4.79 Å². The maximum atomic E-state index is 12.7. The lowest BCUT2D eigenvalue weighted by atomic mass is 9.92. The van der Waals surface area contributed by atoms with E-state index in [0.29, 0.717) is 22.6 Å². The third-order valence-electron chi connectivity index (χ3n) is 5.61. The van der Waals surface area contributed by atoms with Crippen molar-refractivity contribution in [1.29, 1.82) is 5.26 Å². The van der Waals surface area contributed by atoms with Gasteiger partial charge in [0.1, 0.15) is 28.0 Å². The number of nitrogens with zero attached hydrogens (tertiary/aromatic N) is 5. The molecular formula is C20H14Cl2N6O. The van der Waals surface area contributed by atoms with Crippen molar-refractivity contribution in [3.05, 3.63) is 52.5 Å². The Bertz CT molecular complexity index is 1200. The second-order valence-electron chi connectivity index (χ2n) is 7.48. The number of halogens is 2. The number of nitrogens with one attached hydrogen (secondary N) is 1. The van der Waals surface area contributed by atoms with Gasteiger partial charge in [-0.2, -0.15) is 5.26 Å². The third-order valence-corrected chi connectivity index (χ3v) is 6.10. The van der Waals surface area contributed by atoms with Gasteiger partial charge in [0.15, 0.2) is 0 Å². The summed E-state index contributed by atoms with van der Waals surface area (Å²) in [5.41, 5.74) is 0.512. The SMILES string of the molecule is N#Cc1cccnc1N1CC2(CC2C(=O)Nc2cc3cc(Cl)nc(Cl)c3cn2)C1. The minimum Gasteiger partial charge on any atom is -0.354 e. The number of amides is 1. The van der Waals surface area contributed by atoms with Crippen LogP contribution in [0.4, 0.5) is 11.6 Å². The van der Waals surface area contributed by atoms with E-state index in [1.807, 2.05) is 0 Å². The highest BCUT2D eigenvalue weighted by Crippen LogP contribution is 2.59. The van der Waals surface area contributed by atoms with E-state index in [4.69, 9.17) is 23.2 Å². The molecule has 3 aromatic heterocycles. The summed E-state index contributed by atoms with van der Waals surface area (Å²) in [6.45, 7) is 1.44. The van der Waals surface area contributed by atoms with Crippen LogP contribution >= 0.6 is 23.2 Å². The fourth-order valence-corrected chi connectivity index (χ4v) is 4.52. The zero-order valence-corrected chi connectivity index (χ0v) is 16.6. The molecule has 0 aromatic carbocycles. The second-order valence-corrected chi connectivity index (χ2v) is 8.22. The van der Waals surface area contributed by atoms with Gasteiger partial charge in [-0.3, -0.25) is 4.79 Å². The summed E-state index contributed by atoms with van der Waals surface area (Å²) in [5.74, 6) is 1.01. The third kappa shape index (κ3) is 3.05. The lowest BCUT2D eigenvalue weighted by Crippen LogP contribution is -2.51. The van der Waals surface area contributed by atoms with Gasteiger partial charge in [0.25, 0.3) is 0 Å². The minimum absolute atomic E-state index is 0.0400. The van der Waals surface area contributed by atoms with E-state index in [2.05, 4.69) is 31.2 Å². The summed E-state index contributed by atoms with van der Waals surface area (Å²) in [6, 6.07) is 9.09. The van der Waals surface area contributed by atoms with Crippen molar-refractivity contribution in [2.45, 2.75) is 6.42 Å². The van der Waals surface area contributed by atoms with Crippen LogP contribution in [0.5, 0.6) is 0 Å². The van der Waals surface area contributed by atoms with Gasteiger partial charge in [-0.25, -0.2) is 15.0 Å². The molecule has 1 aliphatic heterocycles. The minimum atomic E-state index is -0.0740. The maximum absolute atomic E-state index is 12.7. The summed E-state index contributed by atoms with van der Waals surface area (Å²) in [6.07, 6.45) is 4.08. The molecule has 1 unspecified atom stereocenters. The largest absolute Gasteiger partial charge is 0.354 e. The molecule has 0 bridgehead atoms. The molecule has 1 spiro atoms.